The van der Waals surface area contributed by atoms with Crippen molar-refractivity contribution in [1.29, 1.82) is 0 Å². The topological polar surface area (TPSA) is 117 Å². The molecule has 7 nitrogen and oxygen atoms in total. The Labute approximate surface area is 178 Å². The summed E-state index contributed by atoms with van der Waals surface area (Å²) in [5.41, 5.74) is 6.82. The number of benzene rings is 1. The summed E-state index contributed by atoms with van der Waals surface area (Å²) in [6.45, 7) is 4.96. The zero-order valence-corrected chi connectivity index (χ0v) is 18.0. The molecular formula is C20H24Cl2N4O3. The van der Waals surface area contributed by atoms with Crippen LogP contribution in [0.15, 0.2) is 12.1 Å². The van der Waals surface area contributed by atoms with Crippen LogP contribution in [0.1, 0.15) is 38.4 Å². The molecule has 0 unspecified atom stereocenters. The first-order valence-electron chi connectivity index (χ1n) is 9.42. The monoisotopic (exact) mass is 438 g/mol. The number of aromatic nitrogens is 1. The average molecular weight is 439 g/mol. The van der Waals surface area contributed by atoms with Gasteiger partial charge in [-0.2, -0.15) is 0 Å². The number of rotatable bonds is 5. The van der Waals surface area contributed by atoms with E-state index in [9.17, 15) is 14.4 Å². The molecule has 2 atom stereocenters. The standard InChI is InChI=1S/C20H24Cl2N4O3/c1-9(2)16(18(23)28)25-19(29)20(26-10(3)27)7-6-14-12(8-20)11-4-5-13(21)15(22)17(11)24-14/h4-5,9,16,24H,6-8H2,1-3H3,(H2,23,28)(H,25,29)(H,26,27)/t16-,20-/m0/s1. The van der Waals surface area contributed by atoms with Crippen molar-refractivity contribution in [3.05, 3.63) is 33.4 Å². The first-order chi connectivity index (χ1) is 13.6. The molecule has 1 aliphatic carbocycles. The van der Waals surface area contributed by atoms with Gasteiger partial charge in [-0.05, 0) is 30.4 Å². The lowest BCUT2D eigenvalue weighted by Gasteiger charge is -2.37. The van der Waals surface area contributed by atoms with Crippen LogP contribution in [0.2, 0.25) is 10.0 Å². The Bertz CT molecular complexity index is 1000. The highest BCUT2D eigenvalue weighted by atomic mass is 35.5. The van der Waals surface area contributed by atoms with Crippen molar-refractivity contribution in [2.45, 2.75) is 51.6 Å². The SMILES string of the molecule is CC(=O)N[C@@]1(C(=O)N[C@H](C(N)=O)C(C)C)CCc2[nH]c3c(Cl)c(Cl)ccc3c2C1. The van der Waals surface area contributed by atoms with Crippen LogP contribution in [0.3, 0.4) is 0 Å². The van der Waals surface area contributed by atoms with Gasteiger partial charge in [-0.15, -0.1) is 0 Å². The number of aromatic amines is 1. The van der Waals surface area contributed by atoms with Crippen molar-refractivity contribution >= 4 is 51.8 Å². The van der Waals surface area contributed by atoms with Gasteiger partial charge in [-0.3, -0.25) is 14.4 Å². The van der Waals surface area contributed by atoms with Gasteiger partial charge in [0.1, 0.15) is 11.6 Å². The highest BCUT2D eigenvalue weighted by Gasteiger charge is 2.44. The van der Waals surface area contributed by atoms with E-state index in [1.54, 1.807) is 19.9 Å². The van der Waals surface area contributed by atoms with E-state index in [0.717, 1.165) is 16.6 Å². The summed E-state index contributed by atoms with van der Waals surface area (Å²) in [6, 6.07) is 2.73. The maximum absolute atomic E-state index is 13.3. The van der Waals surface area contributed by atoms with Crippen LogP contribution in [-0.4, -0.2) is 34.3 Å². The molecule has 1 heterocycles. The number of carbonyl (C=O) groups excluding carboxylic acids is 3. The summed E-state index contributed by atoms with van der Waals surface area (Å²) in [6.07, 6.45) is 1.15. The fraction of sp³-hybridized carbons (Fsp3) is 0.450. The number of hydrogen-bond donors (Lipinski definition) is 4. The van der Waals surface area contributed by atoms with Gasteiger partial charge in [0.05, 0.1) is 15.6 Å². The number of fused-ring (bicyclic) bond motifs is 3. The fourth-order valence-electron chi connectivity index (χ4n) is 4.00. The third-order valence-electron chi connectivity index (χ3n) is 5.45. The minimum absolute atomic E-state index is 0.181. The van der Waals surface area contributed by atoms with E-state index in [1.165, 1.54) is 6.92 Å². The van der Waals surface area contributed by atoms with Gasteiger partial charge in [0.2, 0.25) is 17.7 Å². The van der Waals surface area contributed by atoms with Crippen molar-refractivity contribution in [2.75, 3.05) is 0 Å². The Morgan fingerprint density at radius 1 is 1.24 bits per heavy atom. The van der Waals surface area contributed by atoms with Gasteiger partial charge in [-0.1, -0.05) is 43.1 Å². The Kier molecular flexibility index (Phi) is 5.83. The molecule has 0 spiro atoms. The van der Waals surface area contributed by atoms with E-state index in [4.69, 9.17) is 28.9 Å². The number of nitrogens with one attached hydrogen (secondary N) is 3. The molecule has 3 rings (SSSR count). The summed E-state index contributed by atoms with van der Waals surface area (Å²) < 4.78 is 0. The van der Waals surface area contributed by atoms with Gasteiger partial charge < -0.3 is 21.4 Å². The summed E-state index contributed by atoms with van der Waals surface area (Å²) in [4.78, 5) is 40.3. The van der Waals surface area contributed by atoms with E-state index in [2.05, 4.69) is 15.6 Å². The van der Waals surface area contributed by atoms with Crippen molar-refractivity contribution < 1.29 is 14.4 Å². The van der Waals surface area contributed by atoms with Crippen LogP contribution in [0.5, 0.6) is 0 Å². The minimum atomic E-state index is -1.19. The molecule has 0 saturated carbocycles. The second-order valence-electron chi connectivity index (χ2n) is 7.90. The van der Waals surface area contributed by atoms with E-state index >= 15 is 0 Å². The van der Waals surface area contributed by atoms with Gasteiger partial charge in [-0.25, -0.2) is 0 Å². The minimum Gasteiger partial charge on any atom is -0.368 e. The smallest absolute Gasteiger partial charge is 0.246 e. The molecule has 9 heteroatoms. The number of carbonyl (C=O) groups is 3. The van der Waals surface area contributed by atoms with E-state index in [1.807, 2.05) is 6.07 Å². The van der Waals surface area contributed by atoms with E-state index in [-0.39, 0.29) is 18.2 Å². The largest absolute Gasteiger partial charge is 0.368 e. The molecule has 1 aromatic heterocycles. The molecule has 0 bridgehead atoms. The number of primary amides is 1. The maximum Gasteiger partial charge on any atom is 0.246 e. The normalized spacial score (nSPS) is 19.7. The van der Waals surface area contributed by atoms with Gasteiger partial charge >= 0.3 is 0 Å². The number of aryl methyl sites for hydroxylation is 1. The zero-order chi connectivity index (χ0) is 21.5. The summed E-state index contributed by atoms with van der Waals surface area (Å²) in [5.74, 6) is -1.55. The maximum atomic E-state index is 13.3. The van der Waals surface area contributed by atoms with Crippen LogP contribution >= 0.6 is 23.2 Å². The summed E-state index contributed by atoms with van der Waals surface area (Å²) in [7, 11) is 0. The lowest BCUT2D eigenvalue weighted by Crippen LogP contribution is -2.64. The van der Waals surface area contributed by atoms with Gasteiger partial charge in [0, 0.05) is 24.4 Å². The first kappa shape index (κ1) is 21.5. The molecule has 156 valence electrons. The Balaban J connectivity index is 2.03. The molecule has 0 saturated heterocycles. The van der Waals surface area contributed by atoms with Crippen molar-refractivity contribution in [1.82, 2.24) is 15.6 Å². The molecule has 0 radical (unpaired) electrons. The van der Waals surface area contributed by atoms with Crippen LogP contribution in [0.4, 0.5) is 0 Å². The van der Waals surface area contributed by atoms with E-state index < -0.39 is 23.4 Å². The van der Waals surface area contributed by atoms with Gasteiger partial charge in [0.25, 0.3) is 0 Å². The molecular weight excluding hydrogens is 415 g/mol. The summed E-state index contributed by atoms with van der Waals surface area (Å²) in [5, 5.41) is 7.27. The molecule has 0 fully saturated rings. The van der Waals surface area contributed by atoms with E-state index in [0.29, 0.717) is 28.4 Å². The number of amides is 3. The lowest BCUT2D eigenvalue weighted by molar-refractivity contribution is -0.136. The first-order valence-corrected chi connectivity index (χ1v) is 10.2. The van der Waals surface area contributed by atoms with Crippen LogP contribution < -0.4 is 16.4 Å². The molecule has 29 heavy (non-hydrogen) atoms. The third kappa shape index (κ3) is 3.94. The molecule has 1 aromatic carbocycles. The second-order valence-corrected chi connectivity index (χ2v) is 8.69. The molecule has 0 aliphatic heterocycles. The van der Waals surface area contributed by atoms with Crippen LogP contribution in [-0.2, 0) is 27.2 Å². The molecule has 2 aromatic rings. The Hall–Kier alpha value is -2.25. The van der Waals surface area contributed by atoms with Gasteiger partial charge in [0.15, 0.2) is 0 Å². The second kappa shape index (κ2) is 7.88. The Morgan fingerprint density at radius 2 is 1.93 bits per heavy atom. The number of nitrogens with two attached hydrogens (primary N) is 1. The highest BCUT2D eigenvalue weighted by Crippen LogP contribution is 2.38. The van der Waals surface area contributed by atoms with Crippen LogP contribution in [0.25, 0.3) is 10.9 Å². The lowest BCUT2D eigenvalue weighted by atomic mass is 9.78. The van der Waals surface area contributed by atoms with Crippen molar-refractivity contribution in [3.8, 4) is 0 Å². The molecule has 1 aliphatic rings. The molecule has 3 amide bonds. The van der Waals surface area contributed by atoms with Crippen molar-refractivity contribution in [2.24, 2.45) is 11.7 Å². The van der Waals surface area contributed by atoms with Crippen molar-refractivity contribution in [3.63, 3.8) is 0 Å². The quantitative estimate of drug-likeness (QED) is 0.573. The third-order valence-corrected chi connectivity index (χ3v) is 6.25. The number of hydrogen-bond acceptors (Lipinski definition) is 3. The summed E-state index contributed by atoms with van der Waals surface area (Å²) >= 11 is 12.5. The predicted molar refractivity (Wildman–Crippen MR) is 113 cm³/mol. The van der Waals surface area contributed by atoms with Crippen LogP contribution in [0, 0.1) is 5.92 Å². The number of H-pyrrole nitrogens is 1. The average Bonchev–Trinajstić information content (AvgIpc) is 2.99. The Morgan fingerprint density at radius 3 is 2.52 bits per heavy atom. The molecule has 5 N–H and O–H groups in total. The predicted octanol–water partition coefficient (Wildman–Crippen LogP) is 2.46. The highest BCUT2D eigenvalue weighted by molar-refractivity contribution is 6.45. The number of halogens is 2. The zero-order valence-electron chi connectivity index (χ0n) is 16.5. The fourth-order valence-corrected chi connectivity index (χ4v) is 4.37.